The van der Waals surface area contributed by atoms with Crippen molar-refractivity contribution in [2.24, 2.45) is 0 Å². The quantitative estimate of drug-likeness (QED) is 0.773. The van der Waals surface area contributed by atoms with Gasteiger partial charge in [0.05, 0.1) is 17.4 Å². The molecule has 12 heavy (non-hydrogen) atoms. The zero-order valence-electron chi connectivity index (χ0n) is 6.11. The van der Waals surface area contributed by atoms with Crippen molar-refractivity contribution in [3.63, 3.8) is 0 Å². The average molecular weight is 182 g/mol. The van der Waals surface area contributed by atoms with Gasteiger partial charge in [-0.3, -0.25) is 4.79 Å². The number of fused-ring (bicyclic) bond motifs is 1. The van der Waals surface area contributed by atoms with Gasteiger partial charge in [-0.15, -0.1) is 11.3 Å². The van der Waals surface area contributed by atoms with Gasteiger partial charge in [-0.05, 0) is 12.1 Å². The fraction of sp³-hybridized carbons (Fsp3) is 0.125. The number of aliphatic carboxylic acids is 1. The highest BCUT2D eigenvalue weighted by atomic mass is 32.1. The summed E-state index contributed by atoms with van der Waals surface area (Å²) >= 11 is 1.46. The van der Waals surface area contributed by atoms with E-state index in [0.717, 1.165) is 15.2 Å². The largest absolute Gasteiger partial charge is 0.481 e. The Labute approximate surface area is 72.2 Å². The first-order valence-corrected chi connectivity index (χ1v) is 4.25. The molecule has 0 bridgehead atoms. The molecular weight excluding hydrogens is 176 g/mol. The van der Waals surface area contributed by atoms with E-state index in [1.807, 2.05) is 6.07 Å². The van der Waals surface area contributed by atoms with E-state index >= 15 is 0 Å². The summed E-state index contributed by atoms with van der Waals surface area (Å²) in [6.45, 7) is 0. The molecule has 0 saturated heterocycles. The van der Waals surface area contributed by atoms with Crippen LogP contribution in [0.3, 0.4) is 0 Å². The minimum Gasteiger partial charge on any atom is -0.481 e. The van der Waals surface area contributed by atoms with Gasteiger partial charge in [-0.25, -0.2) is 0 Å². The average Bonchev–Trinajstić information content (AvgIpc) is 2.43. The summed E-state index contributed by atoms with van der Waals surface area (Å²) in [5.74, 6) is -0.807. The Morgan fingerprint density at radius 2 is 2.50 bits per heavy atom. The molecule has 2 rings (SSSR count). The van der Waals surface area contributed by atoms with E-state index in [4.69, 9.17) is 9.52 Å². The Kier molecular flexibility index (Phi) is 1.62. The van der Waals surface area contributed by atoms with Crippen LogP contribution in [-0.2, 0) is 11.2 Å². The van der Waals surface area contributed by atoms with Crippen LogP contribution in [0, 0.1) is 0 Å². The van der Waals surface area contributed by atoms with Gasteiger partial charge in [-0.2, -0.15) is 0 Å². The van der Waals surface area contributed by atoms with Crippen LogP contribution in [0.15, 0.2) is 22.8 Å². The molecule has 0 radical (unpaired) electrons. The van der Waals surface area contributed by atoms with Gasteiger partial charge in [-0.1, -0.05) is 0 Å². The van der Waals surface area contributed by atoms with Gasteiger partial charge in [0.25, 0.3) is 0 Å². The first kappa shape index (κ1) is 7.36. The number of carboxylic acid groups (broad SMARTS) is 1. The fourth-order valence-electron chi connectivity index (χ4n) is 1.05. The van der Waals surface area contributed by atoms with Crippen LogP contribution in [0.4, 0.5) is 0 Å². The number of thiophene rings is 1. The molecule has 0 aliphatic rings. The van der Waals surface area contributed by atoms with Crippen molar-refractivity contribution in [1.29, 1.82) is 0 Å². The molecule has 0 unspecified atom stereocenters. The molecule has 0 aliphatic heterocycles. The summed E-state index contributed by atoms with van der Waals surface area (Å²) in [4.78, 5) is 11.2. The Morgan fingerprint density at radius 1 is 1.67 bits per heavy atom. The van der Waals surface area contributed by atoms with Crippen molar-refractivity contribution in [3.05, 3.63) is 23.3 Å². The highest BCUT2D eigenvalue weighted by Crippen LogP contribution is 2.26. The topological polar surface area (TPSA) is 50.4 Å². The molecule has 0 aliphatic carbocycles. The Bertz CT molecular complexity index is 384. The van der Waals surface area contributed by atoms with E-state index < -0.39 is 5.97 Å². The standard InChI is InChI=1S/C8H6O3S/c9-8(10)4-5-3-6-7(12-5)1-2-11-6/h1-3H,4H2,(H,9,10). The number of furan rings is 1. The molecule has 3 nitrogen and oxygen atoms in total. The predicted octanol–water partition coefficient (Wildman–Crippen LogP) is 2.12. The summed E-state index contributed by atoms with van der Waals surface area (Å²) in [6, 6.07) is 3.61. The zero-order chi connectivity index (χ0) is 8.55. The first-order valence-electron chi connectivity index (χ1n) is 3.43. The van der Waals surface area contributed by atoms with Gasteiger partial charge in [0.15, 0.2) is 0 Å². The second-order valence-corrected chi connectivity index (χ2v) is 3.60. The highest BCUT2D eigenvalue weighted by molar-refractivity contribution is 7.19. The van der Waals surface area contributed by atoms with Gasteiger partial charge in [0.1, 0.15) is 5.58 Å². The van der Waals surface area contributed by atoms with Crippen LogP contribution in [0.25, 0.3) is 10.3 Å². The van der Waals surface area contributed by atoms with Gasteiger partial charge >= 0.3 is 5.97 Å². The third-order valence-electron chi connectivity index (χ3n) is 1.52. The van der Waals surface area contributed by atoms with Crippen molar-refractivity contribution >= 4 is 27.6 Å². The van der Waals surface area contributed by atoms with Crippen molar-refractivity contribution in [3.8, 4) is 0 Å². The third kappa shape index (κ3) is 1.21. The van der Waals surface area contributed by atoms with Crippen molar-refractivity contribution in [2.75, 3.05) is 0 Å². The number of rotatable bonds is 2. The fourth-order valence-corrected chi connectivity index (χ4v) is 2.03. The lowest BCUT2D eigenvalue weighted by atomic mass is 10.3. The monoisotopic (exact) mass is 182 g/mol. The number of carboxylic acids is 1. The van der Waals surface area contributed by atoms with E-state index in [2.05, 4.69) is 0 Å². The summed E-state index contributed by atoms with van der Waals surface area (Å²) in [6.07, 6.45) is 1.68. The van der Waals surface area contributed by atoms with Crippen LogP contribution >= 0.6 is 11.3 Å². The van der Waals surface area contributed by atoms with Gasteiger partial charge in [0.2, 0.25) is 0 Å². The summed E-state index contributed by atoms with van der Waals surface area (Å²) in [5, 5.41) is 8.51. The maximum Gasteiger partial charge on any atom is 0.308 e. The van der Waals surface area contributed by atoms with E-state index in [9.17, 15) is 4.79 Å². The zero-order valence-corrected chi connectivity index (χ0v) is 6.93. The Morgan fingerprint density at radius 3 is 3.17 bits per heavy atom. The molecule has 2 aromatic heterocycles. The highest BCUT2D eigenvalue weighted by Gasteiger charge is 2.06. The van der Waals surface area contributed by atoms with Crippen molar-refractivity contribution < 1.29 is 14.3 Å². The summed E-state index contributed by atoms with van der Waals surface area (Å²) < 4.78 is 6.10. The van der Waals surface area contributed by atoms with E-state index in [-0.39, 0.29) is 6.42 Å². The van der Waals surface area contributed by atoms with Crippen LogP contribution < -0.4 is 0 Å². The summed E-state index contributed by atoms with van der Waals surface area (Å²) in [5.41, 5.74) is 0.774. The Balaban J connectivity index is 2.38. The molecule has 0 fully saturated rings. The molecule has 0 saturated carbocycles. The lowest BCUT2D eigenvalue weighted by Crippen LogP contribution is -1.96. The lowest BCUT2D eigenvalue weighted by Gasteiger charge is -1.85. The molecular formula is C8H6O3S. The number of hydrogen-bond donors (Lipinski definition) is 1. The predicted molar refractivity (Wildman–Crippen MR) is 45.4 cm³/mol. The Hall–Kier alpha value is -1.29. The number of hydrogen-bond acceptors (Lipinski definition) is 3. The SMILES string of the molecule is O=C(O)Cc1cc2occc2s1. The summed E-state index contributed by atoms with van der Waals surface area (Å²) in [7, 11) is 0. The normalized spacial score (nSPS) is 10.7. The van der Waals surface area contributed by atoms with E-state index in [1.165, 1.54) is 11.3 Å². The molecule has 0 atom stereocenters. The van der Waals surface area contributed by atoms with E-state index in [0.29, 0.717) is 0 Å². The van der Waals surface area contributed by atoms with Crippen LogP contribution in [0.1, 0.15) is 4.88 Å². The first-order chi connectivity index (χ1) is 5.75. The van der Waals surface area contributed by atoms with Crippen molar-refractivity contribution in [1.82, 2.24) is 0 Å². The maximum absolute atomic E-state index is 10.3. The van der Waals surface area contributed by atoms with Gasteiger partial charge in [0, 0.05) is 4.88 Å². The molecule has 1 N–H and O–H groups in total. The molecule has 62 valence electrons. The second-order valence-electron chi connectivity index (χ2n) is 2.43. The second kappa shape index (κ2) is 2.64. The van der Waals surface area contributed by atoms with Crippen molar-refractivity contribution in [2.45, 2.75) is 6.42 Å². The number of carbonyl (C=O) groups is 1. The van der Waals surface area contributed by atoms with Gasteiger partial charge < -0.3 is 9.52 Å². The molecule has 2 heterocycles. The lowest BCUT2D eigenvalue weighted by molar-refractivity contribution is -0.136. The maximum atomic E-state index is 10.3. The van der Waals surface area contributed by atoms with Crippen LogP contribution in [0.2, 0.25) is 0 Å². The minimum atomic E-state index is -0.807. The molecule has 0 amide bonds. The van der Waals surface area contributed by atoms with E-state index in [1.54, 1.807) is 12.3 Å². The molecule has 0 aromatic carbocycles. The molecule has 0 spiro atoms. The molecule has 4 heteroatoms. The smallest absolute Gasteiger partial charge is 0.308 e. The van der Waals surface area contributed by atoms with Crippen LogP contribution in [-0.4, -0.2) is 11.1 Å². The molecule has 2 aromatic rings. The third-order valence-corrected chi connectivity index (χ3v) is 2.60. The minimum absolute atomic E-state index is 0.0782. The van der Waals surface area contributed by atoms with Crippen LogP contribution in [0.5, 0.6) is 0 Å².